The van der Waals surface area contributed by atoms with Gasteiger partial charge in [0.15, 0.2) is 0 Å². The van der Waals surface area contributed by atoms with Gasteiger partial charge in [-0.15, -0.1) is 0 Å². The van der Waals surface area contributed by atoms with E-state index in [1.807, 2.05) is 0 Å². The number of nitrogens with zero attached hydrogens (tertiary/aromatic N) is 2. The molecule has 2 amide bonds. The van der Waals surface area contributed by atoms with Crippen LogP contribution in [0.2, 0.25) is 0 Å². The van der Waals surface area contributed by atoms with Crippen LogP contribution in [0.4, 0.5) is 14.5 Å². The van der Waals surface area contributed by atoms with Crippen molar-refractivity contribution < 1.29 is 18.4 Å². The number of rotatable bonds is 5. The van der Waals surface area contributed by atoms with Gasteiger partial charge in [-0.25, -0.2) is 8.78 Å². The Labute approximate surface area is 157 Å². The lowest BCUT2D eigenvalue weighted by Crippen LogP contribution is -2.24. The van der Waals surface area contributed by atoms with Crippen molar-refractivity contribution in [1.29, 1.82) is 0 Å². The van der Waals surface area contributed by atoms with Crippen molar-refractivity contribution in [3.63, 3.8) is 0 Å². The van der Waals surface area contributed by atoms with Gasteiger partial charge in [0.05, 0.1) is 11.4 Å². The molecule has 27 heavy (non-hydrogen) atoms. The quantitative estimate of drug-likeness (QED) is 0.702. The molecule has 0 fully saturated rings. The maximum absolute atomic E-state index is 13.7. The Morgan fingerprint density at radius 2 is 2.00 bits per heavy atom. The molecule has 2 N–H and O–H groups in total. The summed E-state index contributed by atoms with van der Waals surface area (Å²) in [6.45, 7) is 1.18. The highest BCUT2D eigenvalue weighted by Crippen LogP contribution is 2.32. The summed E-state index contributed by atoms with van der Waals surface area (Å²) in [5.74, 6) is -2.36. The molecule has 6 nitrogen and oxygen atoms in total. The van der Waals surface area contributed by atoms with E-state index < -0.39 is 17.5 Å². The highest BCUT2D eigenvalue weighted by molar-refractivity contribution is 7.09. The first-order valence-corrected chi connectivity index (χ1v) is 8.64. The van der Waals surface area contributed by atoms with Crippen LogP contribution >= 0.6 is 11.5 Å². The fraction of sp³-hybridized carbons (Fsp3) is 0.111. The highest BCUT2D eigenvalue weighted by atomic mass is 32.1. The van der Waals surface area contributed by atoms with Crippen LogP contribution in [0.1, 0.15) is 22.2 Å². The largest absolute Gasteiger partial charge is 0.347 e. The third-order valence-electron chi connectivity index (χ3n) is 3.56. The standard InChI is InChI=1S/C18H14F2N4O2S/c1-10(25)23-16-15(14-4-2-3-7-21-14)24-27-17(16)18(26)22-9-11-5-6-12(19)8-13(11)20/h2-8H,9H2,1H3,(H,22,26)(H,23,25). The zero-order valence-corrected chi connectivity index (χ0v) is 14.9. The van der Waals surface area contributed by atoms with Gasteiger partial charge in [-0.2, -0.15) is 4.37 Å². The van der Waals surface area contributed by atoms with Crippen LogP contribution in [0.15, 0.2) is 42.6 Å². The molecule has 0 radical (unpaired) electrons. The molecule has 138 valence electrons. The van der Waals surface area contributed by atoms with Crippen molar-refractivity contribution >= 4 is 29.0 Å². The monoisotopic (exact) mass is 388 g/mol. The van der Waals surface area contributed by atoms with E-state index in [2.05, 4.69) is 20.0 Å². The zero-order valence-electron chi connectivity index (χ0n) is 14.1. The first-order chi connectivity index (χ1) is 13.0. The normalized spacial score (nSPS) is 10.5. The van der Waals surface area contributed by atoms with Crippen molar-refractivity contribution in [1.82, 2.24) is 14.7 Å². The number of carbonyl (C=O) groups is 2. The number of halogens is 2. The number of hydrogen-bond acceptors (Lipinski definition) is 5. The smallest absolute Gasteiger partial charge is 0.265 e. The van der Waals surface area contributed by atoms with Crippen molar-refractivity contribution in [3.8, 4) is 11.4 Å². The Morgan fingerprint density at radius 1 is 1.19 bits per heavy atom. The predicted octanol–water partition coefficient (Wildman–Crippen LogP) is 3.37. The molecule has 0 saturated carbocycles. The second-order valence-corrected chi connectivity index (χ2v) is 6.32. The van der Waals surface area contributed by atoms with Crippen LogP contribution in [0.5, 0.6) is 0 Å². The molecule has 0 unspecified atom stereocenters. The van der Waals surface area contributed by atoms with Crippen molar-refractivity contribution in [2.45, 2.75) is 13.5 Å². The van der Waals surface area contributed by atoms with Crippen LogP contribution in [0.25, 0.3) is 11.4 Å². The summed E-state index contributed by atoms with van der Waals surface area (Å²) in [5.41, 5.74) is 1.25. The molecule has 0 aliphatic carbocycles. The Bertz CT molecular complexity index is 992. The molecule has 2 heterocycles. The van der Waals surface area contributed by atoms with Gasteiger partial charge < -0.3 is 10.6 Å². The highest BCUT2D eigenvalue weighted by Gasteiger charge is 2.22. The average molecular weight is 388 g/mol. The van der Waals surface area contributed by atoms with E-state index in [1.54, 1.807) is 24.4 Å². The second kappa shape index (κ2) is 8.00. The van der Waals surface area contributed by atoms with Crippen LogP contribution in [0.3, 0.4) is 0 Å². The van der Waals surface area contributed by atoms with Crippen molar-refractivity contribution in [3.05, 3.63) is 64.7 Å². The molecule has 0 saturated heterocycles. The maximum Gasteiger partial charge on any atom is 0.265 e. The lowest BCUT2D eigenvalue weighted by atomic mass is 10.2. The molecule has 3 rings (SSSR count). The Balaban J connectivity index is 1.85. The Kier molecular flexibility index (Phi) is 5.51. The van der Waals surface area contributed by atoms with E-state index in [1.165, 1.54) is 13.0 Å². The van der Waals surface area contributed by atoms with Crippen LogP contribution in [0, 0.1) is 11.6 Å². The van der Waals surface area contributed by atoms with E-state index >= 15 is 0 Å². The van der Waals surface area contributed by atoms with Gasteiger partial charge in [0.2, 0.25) is 5.91 Å². The summed E-state index contributed by atoms with van der Waals surface area (Å²) >= 11 is 0.892. The first-order valence-electron chi connectivity index (χ1n) is 7.86. The number of hydrogen-bond donors (Lipinski definition) is 2. The van der Waals surface area contributed by atoms with Crippen LogP contribution < -0.4 is 10.6 Å². The number of benzene rings is 1. The van der Waals surface area contributed by atoms with Crippen LogP contribution in [-0.2, 0) is 11.3 Å². The minimum atomic E-state index is -0.754. The second-order valence-electron chi connectivity index (χ2n) is 5.55. The zero-order chi connectivity index (χ0) is 19.4. The van der Waals surface area contributed by atoms with Gasteiger partial charge in [-0.05, 0) is 29.7 Å². The first kappa shape index (κ1) is 18.6. The Morgan fingerprint density at radius 3 is 2.67 bits per heavy atom. The van der Waals surface area contributed by atoms with Crippen molar-refractivity contribution in [2.75, 3.05) is 5.32 Å². The number of amides is 2. The summed E-state index contributed by atoms with van der Waals surface area (Å²) < 4.78 is 30.9. The molecule has 0 aliphatic heterocycles. The molecule has 0 spiro atoms. The predicted molar refractivity (Wildman–Crippen MR) is 97.2 cm³/mol. The number of aromatic nitrogens is 2. The summed E-state index contributed by atoms with van der Waals surface area (Å²) in [7, 11) is 0. The maximum atomic E-state index is 13.7. The lowest BCUT2D eigenvalue weighted by molar-refractivity contribution is -0.114. The van der Waals surface area contributed by atoms with Gasteiger partial charge in [0, 0.05) is 31.3 Å². The minimum absolute atomic E-state index is 0.138. The molecular formula is C18H14F2N4O2S. The SMILES string of the molecule is CC(=O)Nc1c(-c2ccccn2)nsc1C(=O)NCc1ccc(F)cc1F. The molecule has 0 aliphatic rings. The number of anilines is 1. The van der Waals surface area contributed by atoms with Gasteiger partial charge >= 0.3 is 0 Å². The topological polar surface area (TPSA) is 84.0 Å². The molecule has 9 heteroatoms. The molecule has 0 bridgehead atoms. The van der Waals surface area contributed by atoms with Gasteiger partial charge in [0.1, 0.15) is 22.2 Å². The summed E-state index contributed by atoms with van der Waals surface area (Å²) in [6.07, 6.45) is 1.57. The van der Waals surface area contributed by atoms with Crippen LogP contribution in [-0.4, -0.2) is 21.2 Å². The van der Waals surface area contributed by atoms with E-state index in [0.717, 1.165) is 23.7 Å². The summed E-state index contributed by atoms with van der Waals surface area (Å²) in [5, 5.41) is 5.15. The third-order valence-corrected chi connectivity index (χ3v) is 4.41. The summed E-state index contributed by atoms with van der Waals surface area (Å²) in [6, 6.07) is 8.31. The minimum Gasteiger partial charge on any atom is -0.347 e. The third kappa shape index (κ3) is 4.32. The lowest BCUT2D eigenvalue weighted by Gasteiger charge is -2.08. The van der Waals surface area contributed by atoms with Gasteiger partial charge in [0.25, 0.3) is 5.91 Å². The molecule has 1 aromatic carbocycles. The number of nitrogens with one attached hydrogen (secondary N) is 2. The molecule has 2 aromatic heterocycles. The summed E-state index contributed by atoms with van der Waals surface area (Å²) in [4.78, 5) is 28.4. The van der Waals surface area contributed by atoms with E-state index in [0.29, 0.717) is 11.4 Å². The Hall–Kier alpha value is -3.20. The van der Waals surface area contributed by atoms with E-state index in [9.17, 15) is 18.4 Å². The van der Waals surface area contributed by atoms with Gasteiger partial charge in [-0.1, -0.05) is 12.1 Å². The van der Waals surface area contributed by atoms with E-state index in [-0.39, 0.29) is 28.6 Å². The fourth-order valence-corrected chi connectivity index (χ4v) is 3.10. The number of pyridine rings is 1. The molecule has 3 aromatic rings. The molecule has 0 atom stereocenters. The van der Waals surface area contributed by atoms with Crippen molar-refractivity contribution in [2.24, 2.45) is 0 Å². The van der Waals surface area contributed by atoms with Gasteiger partial charge in [-0.3, -0.25) is 14.6 Å². The fourth-order valence-electron chi connectivity index (χ4n) is 2.34. The number of carbonyl (C=O) groups excluding carboxylic acids is 2. The average Bonchev–Trinajstić information content (AvgIpc) is 3.04. The van der Waals surface area contributed by atoms with E-state index in [4.69, 9.17) is 0 Å². The molecular weight excluding hydrogens is 374 g/mol.